The minimum atomic E-state index is 0.139. The van der Waals surface area contributed by atoms with Crippen LogP contribution in [0.5, 0.6) is 0 Å². The van der Waals surface area contributed by atoms with Crippen LogP contribution in [0, 0.1) is 17.3 Å². The van der Waals surface area contributed by atoms with E-state index in [1.165, 1.54) is 12.8 Å². The zero-order valence-electron chi connectivity index (χ0n) is 5.98. The average molecular weight is 124 g/mol. The second-order valence-electron chi connectivity index (χ2n) is 3.63. The molecule has 1 nitrogen and oxygen atoms in total. The maximum absolute atomic E-state index is 11.0. The summed E-state index contributed by atoms with van der Waals surface area (Å²) < 4.78 is 0. The third-order valence-corrected chi connectivity index (χ3v) is 3.46. The number of hydrogen-bond donors (Lipinski definition) is 0. The first-order chi connectivity index (χ1) is 4.17. The Balaban J connectivity index is 2.20. The molecule has 2 saturated carbocycles. The van der Waals surface area contributed by atoms with Crippen molar-refractivity contribution in [3.8, 4) is 0 Å². The normalized spacial score (nSPS) is 53.6. The van der Waals surface area contributed by atoms with Gasteiger partial charge in [-0.25, -0.2) is 0 Å². The van der Waals surface area contributed by atoms with Crippen LogP contribution in [0.25, 0.3) is 0 Å². The van der Waals surface area contributed by atoms with Gasteiger partial charge in [-0.15, -0.1) is 0 Å². The van der Waals surface area contributed by atoms with Gasteiger partial charge in [-0.3, -0.25) is 4.79 Å². The number of rotatable bonds is 1. The van der Waals surface area contributed by atoms with Crippen molar-refractivity contribution in [3.63, 3.8) is 0 Å². The number of Topliss-reactive ketones (excluding diaryl/α,β-unsaturated/α-hetero) is 1. The fourth-order valence-corrected chi connectivity index (χ4v) is 2.32. The SMILES string of the molecule is CC(=O)C1(C)[C@@H]2CC[C@@H]21. The average Bonchev–Trinajstić information content (AvgIpc) is 1.99. The van der Waals surface area contributed by atoms with Crippen LogP contribution < -0.4 is 0 Å². The Morgan fingerprint density at radius 3 is 2.00 bits per heavy atom. The maximum atomic E-state index is 11.0. The van der Waals surface area contributed by atoms with Crippen molar-refractivity contribution in [1.82, 2.24) is 0 Å². The Hall–Kier alpha value is -0.330. The van der Waals surface area contributed by atoms with Gasteiger partial charge in [-0.2, -0.15) is 0 Å². The van der Waals surface area contributed by atoms with E-state index in [-0.39, 0.29) is 5.41 Å². The number of fused-ring (bicyclic) bond motifs is 1. The zero-order valence-corrected chi connectivity index (χ0v) is 5.98. The Kier molecular flexibility index (Phi) is 0.744. The Labute approximate surface area is 55.4 Å². The predicted octanol–water partition coefficient (Wildman–Crippen LogP) is 1.62. The molecule has 0 aromatic rings. The molecule has 0 N–H and O–H groups in total. The Morgan fingerprint density at radius 1 is 1.44 bits per heavy atom. The second kappa shape index (κ2) is 1.23. The van der Waals surface area contributed by atoms with Gasteiger partial charge in [-0.1, -0.05) is 6.92 Å². The summed E-state index contributed by atoms with van der Waals surface area (Å²) in [6.45, 7) is 3.86. The highest BCUT2D eigenvalue weighted by Gasteiger charge is 2.68. The van der Waals surface area contributed by atoms with E-state index in [2.05, 4.69) is 6.92 Å². The molecule has 0 bridgehead atoms. The van der Waals surface area contributed by atoms with Crippen LogP contribution in [0.1, 0.15) is 26.7 Å². The molecular formula is C8H12O. The van der Waals surface area contributed by atoms with Crippen LogP contribution in [0.2, 0.25) is 0 Å². The van der Waals surface area contributed by atoms with E-state index in [4.69, 9.17) is 0 Å². The molecule has 2 rings (SSSR count). The summed E-state index contributed by atoms with van der Waals surface area (Å²) in [5.41, 5.74) is 0.139. The lowest BCUT2D eigenvalue weighted by molar-refractivity contribution is -0.122. The van der Waals surface area contributed by atoms with E-state index in [0.717, 1.165) is 11.8 Å². The zero-order chi connectivity index (χ0) is 6.65. The second-order valence-corrected chi connectivity index (χ2v) is 3.63. The van der Waals surface area contributed by atoms with Crippen molar-refractivity contribution in [2.45, 2.75) is 26.7 Å². The van der Waals surface area contributed by atoms with Crippen LogP contribution in [-0.4, -0.2) is 5.78 Å². The molecule has 9 heavy (non-hydrogen) atoms. The molecule has 0 saturated heterocycles. The monoisotopic (exact) mass is 124 g/mol. The van der Waals surface area contributed by atoms with Crippen molar-refractivity contribution in [2.75, 3.05) is 0 Å². The van der Waals surface area contributed by atoms with E-state index in [1.807, 2.05) is 0 Å². The third-order valence-electron chi connectivity index (χ3n) is 3.46. The highest BCUT2D eigenvalue weighted by Crippen LogP contribution is 2.70. The number of carbonyl (C=O) groups is 1. The summed E-state index contributed by atoms with van der Waals surface area (Å²) in [5, 5.41) is 0. The minimum Gasteiger partial charge on any atom is -0.299 e. The van der Waals surface area contributed by atoms with E-state index in [1.54, 1.807) is 6.92 Å². The smallest absolute Gasteiger partial charge is 0.136 e. The van der Waals surface area contributed by atoms with E-state index in [9.17, 15) is 4.79 Å². The van der Waals surface area contributed by atoms with Crippen molar-refractivity contribution >= 4 is 5.78 Å². The molecule has 1 unspecified atom stereocenters. The van der Waals surface area contributed by atoms with Gasteiger partial charge in [0, 0.05) is 5.41 Å². The van der Waals surface area contributed by atoms with Crippen LogP contribution in [0.4, 0.5) is 0 Å². The van der Waals surface area contributed by atoms with Crippen LogP contribution >= 0.6 is 0 Å². The molecule has 0 aromatic heterocycles. The van der Waals surface area contributed by atoms with Gasteiger partial charge in [-0.05, 0) is 31.6 Å². The van der Waals surface area contributed by atoms with Gasteiger partial charge in [0.15, 0.2) is 0 Å². The lowest BCUT2D eigenvalue weighted by Gasteiger charge is -2.04. The molecule has 0 aliphatic heterocycles. The Morgan fingerprint density at radius 2 is 1.89 bits per heavy atom. The van der Waals surface area contributed by atoms with Gasteiger partial charge >= 0.3 is 0 Å². The number of ketones is 1. The largest absolute Gasteiger partial charge is 0.299 e. The molecule has 2 aliphatic rings. The lowest BCUT2D eigenvalue weighted by Crippen LogP contribution is -2.08. The molecule has 2 aliphatic carbocycles. The fourth-order valence-electron chi connectivity index (χ4n) is 2.32. The highest BCUT2D eigenvalue weighted by molar-refractivity contribution is 5.86. The summed E-state index contributed by atoms with van der Waals surface area (Å²) >= 11 is 0. The summed E-state index contributed by atoms with van der Waals surface area (Å²) in [6.07, 6.45) is 2.61. The first-order valence-corrected chi connectivity index (χ1v) is 3.68. The first kappa shape index (κ1) is 5.45. The molecule has 3 atom stereocenters. The lowest BCUT2D eigenvalue weighted by atomic mass is 10.0. The van der Waals surface area contributed by atoms with Gasteiger partial charge in [0.25, 0.3) is 0 Å². The van der Waals surface area contributed by atoms with Crippen molar-refractivity contribution in [1.29, 1.82) is 0 Å². The molecule has 0 aromatic carbocycles. The van der Waals surface area contributed by atoms with E-state index in [0.29, 0.717) is 5.78 Å². The predicted molar refractivity (Wildman–Crippen MR) is 35.0 cm³/mol. The summed E-state index contributed by atoms with van der Waals surface area (Å²) in [5.74, 6) is 1.99. The Bertz CT molecular complexity index is 161. The van der Waals surface area contributed by atoms with Crippen LogP contribution in [-0.2, 0) is 4.79 Å². The maximum Gasteiger partial charge on any atom is 0.136 e. The van der Waals surface area contributed by atoms with E-state index < -0.39 is 0 Å². The summed E-state index contributed by atoms with van der Waals surface area (Å²) in [7, 11) is 0. The minimum absolute atomic E-state index is 0.139. The van der Waals surface area contributed by atoms with Crippen LogP contribution in [0.15, 0.2) is 0 Å². The topological polar surface area (TPSA) is 17.1 Å². The van der Waals surface area contributed by atoms with E-state index >= 15 is 0 Å². The van der Waals surface area contributed by atoms with Gasteiger partial charge in [0.05, 0.1) is 0 Å². The summed E-state index contributed by atoms with van der Waals surface area (Å²) in [4.78, 5) is 11.0. The molecule has 0 spiro atoms. The van der Waals surface area contributed by atoms with Crippen LogP contribution in [0.3, 0.4) is 0 Å². The molecule has 2 fully saturated rings. The highest BCUT2D eigenvalue weighted by atomic mass is 16.1. The first-order valence-electron chi connectivity index (χ1n) is 3.68. The van der Waals surface area contributed by atoms with Gasteiger partial charge in [0.1, 0.15) is 5.78 Å². The number of carbonyl (C=O) groups excluding carboxylic acids is 1. The van der Waals surface area contributed by atoms with Gasteiger partial charge in [0.2, 0.25) is 0 Å². The molecule has 0 heterocycles. The van der Waals surface area contributed by atoms with Crippen molar-refractivity contribution in [3.05, 3.63) is 0 Å². The molecule has 50 valence electrons. The molecule has 0 radical (unpaired) electrons. The quantitative estimate of drug-likeness (QED) is 0.519. The fraction of sp³-hybridized carbons (Fsp3) is 0.875. The van der Waals surface area contributed by atoms with Crippen molar-refractivity contribution < 1.29 is 4.79 Å². The standard InChI is InChI=1S/C8H12O/c1-5(9)8(2)6-3-4-7(6)8/h6-7H,3-4H2,1-2H3/t6-,7+,8?. The molecular weight excluding hydrogens is 112 g/mol. The summed E-state index contributed by atoms with van der Waals surface area (Å²) in [6, 6.07) is 0. The number of hydrogen-bond acceptors (Lipinski definition) is 1. The molecule has 1 heteroatoms. The third kappa shape index (κ3) is 0.405. The van der Waals surface area contributed by atoms with Crippen molar-refractivity contribution in [2.24, 2.45) is 17.3 Å². The molecule has 0 amide bonds. The van der Waals surface area contributed by atoms with Gasteiger partial charge < -0.3 is 0 Å².